The molecule has 3 aliphatic rings. The first-order chi connectivity index (χ1) is 9.67. The van der Waals surface area contributed by atoms with Crippen molar-refractivity contribution in [3.63, 3.8) is 0 Å². The third-order valence-electron chi connectivity index (χ3n) is 5.78. The molecular weight excluding hydrogens is 254 g/mol. The van der Waals surface area contributed by atoms with Gasteiger partial charge in [-0.2, -0.15) is 0 Å². The number of nitrogens with zero attached hydrogens (tertiary/aromatic N) is 1. The van der Waals surface area contributed by atoms with Crippen LogP contribution < -0.4 is 0 Å². The number of amides is 2. The lowest BCUT2D eigenvalue weighted by molar-refractivity contribution is -0.146. The van der Waals surface area contributed by atoms with Gasteiger partial charge in [0.25, 0.3) is 0 Å². The number of rotatable bonds is 3. The second-order valence-corrected chi connectivity index (χ2v) is 6.80. The quantitative estimate of drug-likeness (QED) is 0.803. The van der Waals surface area contributed by atoms with Crippen molar-refractivity contribution in [2.75, 3.05) is 6.61 Å². The van der Waals surface area contributed by atoms with Gasteiger partial charge in [-0.15, -0.1) is 0 Å². The number of aliphatic hydroxyl groups is 1. The molecule has 3 rings (SSSR count). The van der Waals surface area contributed by atoms with E-state index in [9.17, 15) is 14.7 Å². The number of aliphatic hydroxyl groups excluding tert-OH is 1. The van der Waals surface area contributed by atoms with Crippen LogP contribution in [-0.2, 0) is 9.59 Å². The molecule has 0 radical (unpaired) electrons. The van der Waals surface area contributed by atoms with Gasteiger partial charge in [0.15, 0.2) is 0 Å². The Morgan fingerprint density at radius 2 is 1.70 bits per heavy atom. The zero-order chi connectivity index (χ0) is 14.3. The molecule has 1 aliphatic heterocycles. The minimum atomic E-state index is -0.0614. The lowest BCUT2D eigenvalue weighted by Crippen LogP contribution is -2.47. The lowest BCUT2D eigenvalue weighted by Gasteiger charge is -2.36. The number of hydrogen-bond acceptors (Lipinski definition) is 3. The van der Waals surface area contributed by atoms with E-state index in [-0.39, 0.29) is 42.2 Å². The summed E-state index contributed by atoms with van der Waals surface area (Å²) in [5, 5.41) is 9.53. The molecule has 112 valence electrons. The van der Waals surface area contributed by atoms with E-state index in [4.69, 9.17) is 0 Å². The highest BCUT2D eigenvalue weighted by molar-refractivity contribution is 6.05. The Labute approximate surface area is 120 Å². The largest absolute Gasteiger partial charge is 0.396 e. The molecule has 0 aromatic rings. The highest BCUT2D eigenvalue weighted by atomic mass is 16.3. The van der Waals surface area contributed by atoms with Gasteiger partial charge >= 0.3 is 0 Å². The van der Waals surface area contributed by atoms with E-state index in [0.717, 1.165) is 44.9 Å². The molecule has 3 fully saturated rings. The summed E-state index contributed by atoms with van der Waals surface area (Å²) in [4.78, 5) is 26.8. The number of imide groups is 1. The molecule has 0 spiro atoms. The fraction of sp³-hybridized carbons (Fsp3) is 0.875. The Bertz CT molecular complexity index is 385. The van der Waals surface area contributed by atoms with Crippen molar-refractivity contribution in [3.8, 4) is 0 Å². The van der Waals surface area contributed by atoms with Crippen molar-refractivity contribution >= 4 is 11.8 Å². The van der Waals surface area contributed by atoms with Crippen molar-refractivity contribution in [2.45, 2.75) is 57.9 Å². The van der Waals surface area contributed by atoms with Crippen LogP contribution >= 0.6 is 0 Å². The highest BCUT2D eigenvalue weighted by Gasteiger charge is 2.54. The Morgan fingerprint density at radius 3 is 2.25 bits per heavy atom. The molecule has 4 unspecified atom stereocenters. The summed E-state index contributed by atoms with van der Waals surface area (Å²) < 4.78 is 0. The number of carbonyl (C=O) groups is 2. The van der Waals surface area contributed by atoms with Gasteiger partial charge in [0, 0.05) is 18.6 Å². The average Bonchev–Trinajstić information content (AvgIpc) is 3.00. The first-order valence-electron chi connectivity index (χ1n) is 8.15. The van der Waals surface area contributed by atoms with Gasteiger partial charge in [0.2, 0.25) is 11.8 Å². The maximum Gasteiger partial charge on any atom is 0.233 e. The van der Waals surface area contributed by atoms with Gasteiger partial charge in [-0.25, -0.2) is 0 Å². The minimum absolute atomic E-state index is 0.0422. The monoisotopic (exact) mass is 279 g/mol. The smallest absolute Gasteiger partial charge is 0.233 e. The van der Waals surface area contributed by atoms with E-state index in [1.54, 1.807) is 4.90 Å². The van der Waals surface area contributed by atoms with Gasteiger partial charge in [0.1, 0.15) is 0 Å². The van der Waals surface area contributed by atoms with Crippen LogP contribution in [0, 0.1) is 23.7 Å². The molecule has 1 N–H and O–H groups in total. The van der Waals surface area contributed by atoms with E-state index in [1.807, 2.05) is 0 Å². The van der Waals surface area contributed by atoms with Crippen molar-refractivity contribution in [3.05, 3.63) is 0 Å². The Kier molecular flexibility index (Phi) is 3.85. The number of hydrogen-bond donors (Lipinski definition) is 1. The molecular formula is C16H25NO3. The predicted molar refractivity (Wildman–Crippen MR) is 74.7 cm³/mol. The lowest BCUT2D eigenvalue weighted by atomic mass is 9.84. The fourth-order valence-electron chi connectivity index (χ4n) is 4.56. The predicted octanol–water partition coefficient (Wildman–Crippen LogP) is 1.96. The van der Waals surface area contributed by atoms with E-state index < -0.39 is 0 Å². The van der Waals surface area contributed by atoms with Crippen LogP contribution in [0.1, 0.15) is 51.9 Å². The molecule has 1 heterocycles. The van der Waals surface area contributed by atoms with Gasteiger partial charge in [-0.3, -0.25) is 14.5 Å². The molecule has 4 atom stereocenters. The summed E-state index contributed by atoms with van der Waals surface area (Å²) in [6.07, 6.45) is 6.81. The molecule has 1 saturated heterocycles. The highest BCUT2D eigenvalue weighted by Crippen LogP contribution is 2.46. The third-order valence-corrected chi connectivity index (χ3v) is 5.78. The average molecular weight is 279 g/mol. The second-order valence-electron chi connectivity index (χ2n) is 6.80. The maximum atomic E-state index is 12.6. The SMILES string of the molecule is CCC1CC2C(=O)N(C3CCCCC3CO)C(=O)C2C1. The summed E-state index contributed by atoms with van der Waals surface area (Å²) in [7, 11) is 0. The van der Waals surface area contributed by atoms with Crippen LogP contribution in [0.5, 0.6) is 0 Å². The summed E-state index contributed by atoms with van der Waals surface area (Å²) in [5.74, 6) is 0.627. The first-order valence-corrected chi connectivity index (χ1v) is 8.15. The molecule has 0 aromatic heterocycles. The maximum absolute atomic E-state index is 12.6. The third kappa shape index (κ3) is 2.09. The minimum Gasteiger partial charge on any atom is -0.396 e. The van der Waals surface area contributed by atoms with Crippen LogP contribution in [0.4, 0.5) is 0 Å². The molecule has 0 bridgehead atoms. The van der Waals surface area contributed by atoms with Crippen molar-refractivity contribution < 1.29 is 14.7 Å². The summed E-state index contributed by atoms with van der Waals surface area (Å²) >= 11 is 0. The Morgan fingerprint density at radius 1 is 1.10 bits per heavy atom. The molecule has 0 aromatic carbocycles. The number of likely N-dealkylation sites (tertiary alicyclic amines) is 1. The van der Waals surface area contributed by atoms with Crippen LogP contribution in [-0.4, -0.2) is 34.5 Å². The van der Waals surface area contributed by atoms with Crippen molar-refractivity contribution in [2.24, 2.45) is 23.7 Å². The second kappa shape index (κ2) is 5.47. The van der Waals surface area contributed by atoms with E-state index in [0.29, 0.717) is 5.92 Å². The van der Waals surface area contributed by atoms with E-state index in [2.05, 4.69) is 6.92 Å². The summed E-state index contributed by atoms with van der Waals surface area (Å²) in [6.45, 7) is 2.23. The zero-order valence-corrected chi connectivity index (χ0v) is 12.3. The van der Waals surface area contributed by atoms with Crippen LogP contribution in [0.3, 0.4) is 0 Å². The molecule has 2 aliphatic carbocycles. The Balaban J connectivity index is 1.79. The standard InChI is InChI=1S/C16H25NO3/c1-2-10-7-12-13(8-10)16(20)17(15(12)19)14-6-4-3-5-11(14)9-18/h10-14,18H,2-9H2,1H3. The molecule has 4 nitrogen and oxygen atoms in total. The van der Waals surface area contributed by atoms with Gasteiger partial charge in [-0.1, -0.05) is 26.2 Å². The topological polar surface area (TPSA) is 57.6 Å². The van der Waals surface area contributed by atoms with Crippen molar-refractivity contribution in [1.82, 2.24) is 4.90 Å². The molecule has 2 saturated carbocycles. The van der Waals surface area contributed by atoms with E-state index >= 15 is 0 Å². The zero-order valence-electron chi connectivity index (χ0n) is 12.3. The van der Waals surface area contributed by atoms with E-state index in [1.165, 1.54) is 0 Å². The van der Waals surface area contributed by atoms with Crippen LogP contribution in [0.15, 0.2) is 0 Å². The van der Waals surface area contributed by atoms with Crippen LogP contribution in [0.2, 0.25) is 0 Å². The number of fused-ring (bicyclic) bond motifs is 1. The molecule has 20 heavy (non-hydrogen) atoms. The van der Waals surface area contributed by atoms with Crippen LogP contribution in [0.25, 0.3) is 0 Å². The first kappa shape index (κ1) is 14.1. The fourth-order valence-corrected chi connectivity index (χ4v) is 4.56. The Hall–Kier alpha value is -0.900. The van der Waals surface area contributed by atoms with Crippen molar-refractivity contribution in [1.29, 1.82) is 0 Å². The number of carbonyl (C=O) groups excluding carboxylic acids is 2. The van der Waals surface area contributed by atoms with Gasteiger partial charge in [0.05, 0.1) is 11.8 Å². The summed E-state index contributed by atoms with van der Waals surface area (Å²) in [6, 6.07) is -0.0422. The summed E-state index contributed by atoms with van der Waals surface area (Å²) in [5.41, 5.74) is 0. The van der Waals surface area contributed by atoms with Gasteiger partial charge < -0.3 is 5.11 Å². The normalized spacial score (nSPS) is 41.3. The molecule has 4 heteroatoms. The molecule has 2 amide bonds. The van der Waals surface area contributed by atoms with Gasteiger partial charge in [-0.05, 0) is 31.6 Å².